The van der Waals surface area contributed by atoms with Gasteiger partial charge in [0, 0.05) is 47.5 Å². The van der Waals surface area contributed by atoms with Gasteiger partial charge in [0.1, 0.15) is 5.82 Å². The normalized spacial score (nSPS) is 12.3. The highest BCUT2D eigenvalue weighted by molar-refractivity contribution is 8.00. The van der Waals surface area contributed by atoms with E-state index in [9.17, 15) is 4.79 Å². The third kappa shape index (κ3) is 4.19. The Labute approximate surface area is 203 Å². The highest BCUT2D eigenvalue weighted by atomic mass is 32.2. The molecule has 0 bridgehead atoms. The quantitative estimate of drug-likeness (QED) is 0.313. The molecule has 0 aliphatic rings. The number of nitrogens with one attached hydrogen (secondary N) is 1. The second-order valence-corrected chi connectivity index (χ2v) is 9.67. The van der Waals surface area contributed by atoms with Crippen LogP contribution in [0.2, 0.25) is 0 Å². The molecule has 2 heterocycles. The number of carbonyl (C=O) groups is 1. The summed E-state index contributed by atoms with van der Waals surface area (Å²) >= 11 is 1.42. The SMILES string of the molecule is CCn1c2ccccc2c2cc(NC(=O)C(C)Sc3nnc(Cc4ccccc4)n3C)ccc21. The molecule has 3 aromatic carbocycles. The van der Waals surface area contributed by atoms with Crippen molar-refractivity contribution in [3.05, 3.63) is 84.2 Å². The number of aromatic nitrogens is 4. The molecule has 1 amide bonds. The first-order chi connectivity index (χ1) is 16.5. The Kier molecular flexibility index (Phi) is 6.11. The summed E-state index contributed by atoms with van der Waals surface area (Å²) in [6.45, 7) is 4.94. The minimum Gasteiger partial charge on any atom is -0.341 e. The van der Waals surface area contributed by atoms with Crippen molar-refractivity contribution in [3.63, 3.8) is 0 Å². The Morgan fingerprint density at radius 1 is 0.971 bits per heavy atom. The van der Waals surface area contributed by atoms with Crippen LogP contribution in [0.1, 0.15) is 25.2 Å². The number of nitrogens with zero attached hydrogens (tertiary/aromatic N) is 4. The van der Waals surface area contributed by atoms with Crippen molar-refractivity contribution >= 4 is 45.2 Å². The van der Waals surface area contributed by atoms with E-state index in [0.29, 0.717) is 6.42 Å². The molecule has 0 spiro atoms. The maximum Gasteiger partial charge on any atom is 0.237 e. The Hall–Kier alpha value is -3.58. The molecule has 7 heteroatoms. The van der Waals surface area contributed by atoms with E-state index in [4.69, 9.17) is 0 Å². The van der Waals surface area contributed by atoms with Crippen molar-refractivity contribution in [3.8, 4) is 0 Å². The molecule has 34 heavy (non-hydrogen) atoms. The zero-order valence-electron chi connectivity index (χ0n) is 19.5. The smallest absolute Gasteiger partial charge is 0.237 e. The topological polar surface area (TPSA) is 64.7 Å². The number of aryl methyl sites for hydroxylation is 1. The number of para-hydroxylation sites is 1. The van der Waals surface area contributed by atoms with E-state index in [0.717, 1.165) is 28.6 Å². The number of thioether (sulfide) groups is 1. The largest absolute Gasteiger partial charge is 0.341 e. The first-order valence-corrected chi connectivity index (χ1v) is 12.3. The van der Waals surface area contributed by atoms with E-state index >= 15 is 0 Å². The van der Waals surface area contributed by atoms with Crippen molar-refractivity contribution in [2.24, 2.45) is 7.05 Å². The monoisotopic (exact) mass is 469 g/mol. The molecular weight excluding hydrogens is 442 g/mol. The molecule has 1 unspecified atom stereocenters. The molecule has 2 aromatic heterocycles. The van der Waals surface area contributed by atoms with Crippen LogP contribution in [0.5, 0.6) is 0 Å². The van der Waals surface area contributed by atoms with Gasteiger partial charge in [-0.1, -0.05) is 60.3 Å². The van der Waals surface area contributed by atoms with Crippen molar-refractivity contribution < 1.29 is 4.79 Å². The number of anilines is 1. The molecule has 0 saturated carbocycles. The molecular formula is C27H27N5OS. The van der Waals surface area contributed by atoms with Crippen LogP contribution in [0.3, 0.4) is 0 Å². The first-order valence-electron chi connectivity index (χ1n) is 11.5. The Morgan fingerprint density at radius 2 is 1.71 bits per heavy atom. The molecule has 172 valence electrons. The molecule has 1 atom stereocenters. The predicted molar refractivity (Wildman–Crippen MR) is 139 cm³/mol. The van der Waals surface area contributed by atoms with Gasteiger partial charge in [-0.15, -0.1) is 10.2 Å². The molecule has 5 aromatic rings. The van der Waals surface area contributed by atoms with Crippen molar-refractivity contribution in [1.82, 2.24) is 19.3 Å². The van der Waals surface area contributed by atoms with E-state index < -0.39 is 0 Å². The maximum atomic E-state index is 13.0. The zero-order chi connectivity index (χ0) is 23.7. The van der Waals surface area contributed by atoms with Gasteiger partial charge in [-0.3, -0.25) is 4.79 Å². The number of amides is 1. The van der Waals surface area contributed by atoms with E-state index in [1.165, 1.54) is 33.7 Å². The van der Waals surface area contributed by atoms with Gasteiger partial charge in [0.05, 0.1) is 5.25 Å². The summed E-state index contributed by atoms with van der Waals surface area (Å²) < 4.78 is 4.27. The van der Waals surface area contributed by atoms with Crippen molar-refractivity contribution in [2.75, 3.05) is 5.32 Å². The molecule has 0 fully saturated rings. The summed E-state index contributed by atoms with van der Waals surface area (Å²) in [7, 11) is 1.95. The van der Waals surface area contributed by atoms with Gasteiger partial charge < -0.3 is 14.5 Å². The second-order valence-electron chi connectivity index (χ2n) is 8.36. The van der Waals surface area contributed by atoms with Crippen LogP contribution in [0.4, 0.5) is 5.69 Å². The maximum absolute atomic E-state index is 13.0. The molecule has 5 rings (SSSR count). The third-order valence-corrected chi connectivity index (χ3v) is 7.27. The number of hydrogen-bond donors (Lipinski definition) is 1. The number of benzene rings is 3. The zero-order valence-corrected chi connectivity index (χ0v) is 20.3. The first kappa shape index (κ1) is 22.2. The summed E-state index contributed by atoms with van der Waals surface area (Å²) in [5, 5.41) is 14.5. The average Bonchev–Trinajstić information content (AvgIpc) is 3.36. The van der Waals surface area contributed by atoms with Crippen LogP contribution >= 0.6 is 11.8 Å². The van der Waals surface area contributed by atoms with E-state index in [2.05, 4.69) is 75.5 Å². The molecule has 6 nitrogen and oxygen atoms in total. The fourth-order valence-electron chi connectivity index (χ4n) is 4.31. The second kappa shape index (κ2) is 9.35. The molecule has 0 aliphatic heterocycles. The van der Waals surface area contributed by atoms with E-state index in [-0.39, 0.29) is 11.2 Å². The molecule has 1 N–H and O–H groups in total. The van der Waals surface area contributed by atoms with Crippen molar-refractivity contribution in [1.29, 1.82) is 0 Å². The van der Waals surface area contributed by atoms with Gasteiger partial charge in [0.2, 0.25) is 5.91 Å². The number of fused-ring (bicyclic) bond motifs is 3. The lowest BCUT2D eigenvalue weighted by Gasteiger charge is -2.12. The van der Waals surface area contributed by atoms with Gasteiger partial charge >= 0.3 is 0 Å². The fourth-order valence-corrected chi connectivity index (χ4v) is 5.14. The Bertz CT molecular complexity index is 1470. The van der Waals surface area contributed by atoms with Gasteiger partial charge in [0.15, 0.2) is 5.16 Å². The third-order valence-electron chi connectivity index (χ3n) is 6.14. The molecule has 0 radical (unpaired) electrons. The summed E-state index contributed by atoms with van der Waals surface area (Å²) in [5.41, 5.74) is 4.36. The van der Waals surface area contributed by atoms with Crippen LogP contribution < -0.4 is 5.32 Å². The lowest BCUT2D eigenvalue weighted by atomic mass is 10.1. The Balaban J connectivity index is 1.31. The number of hydrogen-bond acceptors (Lipinski definition) is 4. The number of carbonyl (C=O) groups excluding carboxylic acids is 1. The van der Waals surface area contributed by atoms with Crippen LogP contribution in [-0.2, 0) is 24.8 Å². The fraction of sp³-hybridized carbons (Fsp3) is 0.222. The van der Waals surface area contributed by atoms with E-state index in [1.54, 1.807) is 0 Å². The predicted octanol–water partition coefficient (Wildman–Crippen LogP) is 5.65. The summed E-state index contributed by atoms with van der Waals surface area (Å²) in [5.74, 6) is 0.815. The highest BCUT2D eigenvalue weighted by Crippen LogP contribution is 2.31. The van der Waals surface area contributed by atoms with Gasteiger partial charge in [-0.2, -0.15) is 0 Å². The van der Waals surface area contributed by atoms with Crippen LogP contribution in [-0.4, -0.2) is 30.5 Å². The molecule has 0 saturated heterocycles. The van der Waals surface area contributed by atoms with Crippen LogP contribution in [0.15, 0.2) is 78.0 Å². The molecule has 0 aliphatic carbocycles. The summed E-state index contributed by atoms with van der Waals surface area (Å²) in [6, 6.07) is 24.7. The highest BCUT2D eigenvalue weighted by Gasteiger charge is 2.20. The minimum absolute atomic E-state index is 0.0591. The summed E-state index contributed by atoms with van der Waals surface area (Å²) in [4.78, 5) is 13.0. The lowest BCUT2D eigenvalue weighted by molar-refractivity contribution is -0.115. The average molecular weight is 470 g/mol. The van der Waals surface area contributed by atoms with Gasteiger partial charge in [-0.25, -0.2) is 0 Å². The lowest BCUT2D eigenvalue weighted by Crippen LogP contribution is -2.22. The number of rotatable bonds is 7. The summed E-state index contributed by atoms with van der Waals surface area (Å²) in [6.07, 6.45) is 0.705. The van der Waals surface area contributed by atoms with Gasteiger partial charge in [0.25, 0.3) is 0 Å². The van der Waals surface area contributed by atoms with Crippen molar-refractivity contribution in [2.45, 2.75) is 37.2 Å². The van der Waals surface area contributed by atoms with Crippen LogP contribution in [0.25, 0.3) is 21.8 Å². The standard InChI is InChI=1S/C27H27N5OS/c1-4-32-23-13-9-8-12-21(23)22-17-20(14-15-24(22)32)28-26(33)18(2)34-27-30-29-25(31(27)3)16-19-10-6-5-7-11-19/h5-15,17-18H,4,16H2,1-3H3,(H,28,33). The van der Waals surface area contributed by atoms with Crippen LogP contribution in [0, 0.1) is 0 Å². The van der Waals surface area contributed by atoms with Gasteiger partial charge in [-0.05, 0) is 43.7 Å². The van der Waals surface area contributed by atoms with E-state index in [1.807, 2.05) is 42.8 Å². The minimum atomic E-state index is -0.319. The Morgan fingerprint density at radius 3 is 2.50 bits per heavy atom.